The molecular weight excluding hydrogens is 232 g/mol. The van der Waals surface area contributed by atoms with E-state index in [1.54, 1.807) is 14.2 Å². The largest absolute Gasteiger partial charge is 0.496 e. The minimum Gasteiger partial charge on any atom is -0.496 e. The maximum absolute atomic E-state index is 11.6. The SMILES string of the molecule is COCc1ccc(OC)c(C2(C(=O)O)CCC2)c1. The number of carboxylic acids is 1. The van der Waals surface area contributed by atoms with Gasteiger partial charge in [-0.15, -0.1) is 0 Å². The van der Waals surface area contributed by atoms with Crippen LogP contribution in [0, 0.1) is 0 Å². The van der Waals surface area contributed by atoms with E-state index in [9.17, 15) is 9.90 Å². The fraction of sp³-hybridized carbons (Fsp3) is 0.500. The highest BCUT2D eigenvalue weighted by molar-refractivity contribution is 5.83. The van der Waals surface area contributed by atoms with E-state index in [0.29, 0.717) is 25.2 Å². The highest BCUT2D eigenvalue weighted by Crippen LogP contribution is 2.47. The lowest BCUT2D eigenvalue weighted by Gasteiger charge is -2.39. The molecule has 0 atom stereocenters. The van der Waals surface area contributed by atoms with Gasteiger partial charge >= 0.3 is 5.97 Å². The molecule has 0 heterocycles. The number of ether oxygens (including phenoxy) is 2. The molecule has 0 bridgehead atoms. The van der Waals surface area contributed by atoms with E-state index in [2.05, 4.69) is 0 Å². The smallest absolute Gasteiger partial charge is 0.314 e. The summed E-state index contributed by atoms with van der Waals surface area (Å²) < 4.78 is 10.4. The zero-order valence-electron chi connectivity index (χ0n) is 10.7. The van der Waals surface area contributed by atoms with Gasteiger partial charge in [0, 0.05) is 12.7 Å². The molecule has 2 rings (SSSR count). The highest BCUT2D eigenvalue weighted by atomic mass is 16.5. The zero-order chi connectivity index (χ0) is 13.2. The second-order valence-electron chi connectivity index (χ2n) is 4.71. The number of aliphatic carboxylic acids is 1. The third-order valence-electron chi connectivity index (χ3n) is 3.71. The van der Waals surface area contributed by atoms with E-state index in [1.165, 1.54) is 0 Å². The van der Waals surface area contributed by atoms with E-state index in [-0.39, 0.29) is 0 Å². The van der Waals surface area contributed by atoms with Crippen molar-refractivity contribution < 1.29 is 19.4 Å². The van der Waals surface area contributed by atoms with Crippen molar-refractivity contribution >= 4 is 5.97 Å². The number of carboxylic acid groups (broad SMARTS) is 1. The lowest BCUT2D eigenvalue weighted by molar-refractivity contribution is -0.147. The van der Waals surface area contributed by atoms with Crippen LogP contribution in [-0.4, -0.2) is 25.3 Å². The molecule has 1 saturated carbocycles. The number of hydrogen-bond acceptors (Lipinski definition) is 3. The number of carbonyl (C=O) groups is 1. The van der Waals surface area contributed by atoms with Crippen molar-refractivity contribution in [1.82, 2.24) is 0 Å². The standard InChI is InChI=1S/C14H18O4/c1-17-9-10-4-5-12(18-2)11(8-10)14(13(15)16)6-3-7-14/h4-5,8H,3,6-7,9H2,1-2H3,(H,15,16). The van der Waals surface area contributed by atoms with Crippen LogP contribution in [0.5, 0.6) is 5.75 Å². The van der Waals surface area contributed by atoms with E-state index < -0.39 is 11.4 Å². The predicted octanol–water partition coefficient (Wildman–Crippen LogP) is 2.35. The molecule has 1 fully saturated rings. The molecule has 0 unspecified atom stereocenters. The molecule has 1 N–H and O–H groups in total. The number of rotatable bonds is 5. The van der Waals surface area contributed by atoms with Crippen molar-refractivity contribution in [3.05, 3.63) is 29.3 Å². The fourth-order valence-corrected chi connectivity index (χ4v) is 2.51. The van der Waals surface area contributed by atoms with Crippen LogP contribution in [-0.2, 0) is 21.6 Å². The Hall–Kier alpha value is -1.55. The number of methoxy groups -OCH3 is 2. The Morgan fingerprint density at radius 1 is 1.39 bits per heavy atom. The minimum absolute atomic E-state index is 0.479. The second-order valence-corrected chi connectivity index (χ2v) is 4.71. The fourth-order valence-electron chi connectivity index (χ4n) is 2.51. The van der Waals surface area contributed by atoms with Gasteiger partial charge in [-0.2, -0.15) is 0 Å². The van der Waals surface area contributed by atoms with Gasteiger partial charge in [-0.05, 0) is 30.5 Å². The summed E-state index contributed by atoms with van der Waals surface area (Å²) >= 11 is 0. The first-order chi connectivity index (χ1) is 8.64. The third-order valence-corrected chi connectivity index (χ3v) is 3.71. The van der Waals surface area contributed by atoms with Gasteiger partial charge in [0.25, 0.3) is 0 Å². The topological polar surface area (TPSA) is 55.8 Å². The van der Waals surface area contributed by atoms with Crippen LogP contribution in [0.25, 0.3) is 0 Å². The maximum Gasteiger partial charge on any atom is 0.314 e. The van der Waals surface area contributed by atoms with Gasteiger partial charge in [0.05, 0.1) is 19.1 Å². The van der Waals surface area contributed by atoms with Crippen LogP contribution in [0.3, 0.4) is 0 Å². The molecule has 0 amide bonds. The van der Waals surface area contributed by atoms with Crippen LogP contribution >= 0.6 is 0 Å². The zero-order valence-corrected chi connectivity index (χ0v) is 10.7. The van der Waals surface area contributed by atoms with Crippen LogP contribution < -0.4 is 4.74 Å². The van der Waals surface area contributed by atoms with Crippen molar-refractivity contribution in [3.63, 3.8) is 0 Å². The third kappa shape index (κ3) is 1.97. The first kappa shape index (κ1) is 12.9. The van der Waals surface area contributed by atoms with E-state index in [0.717, 1.165) is 17.5 Å². The van der Waals surface area contributed by atoms with Crippen molar-refractivity contribution in [3.8, 4) is 5.75 Å². The number of benzene rings is 1. The molecule has 0 saturated heterocycles. The molecule has 0 spiro atoms. The first-order valence-corrected chi connectivity index (χ1v) is 6.04. The summed E-state index contributed by atoms with van der Waals surface area (Å²) in [7, 11) is 3.20. The summed E-state index contributed by atoms with van der Waals surface area (Å²) in [6, 6.07) is 5.63. The van der Waals surface area contributed by atoms with Crippen LogP contribution in [0.4, 0.5) is 0 Å². The van der Waals surface area contributed by atoms with Crippen LogP contribution in [0.1, 0.15) is 30.4 Å². The molecule has 1 aliphatic rings. The highest BCUT2D eigenvalue weighted by Gasteiger charge is 2.47. The average Bonchev–Trinajstić information content (AvgIpc) is 2.28. The second kappa shape index (κ2) is 4.98. The molecule has 4 heteroatoms. The Kier molecular flexibility index (Phi) is 3.57. The lowest BCUT2D eigenvalue weighted by Crippen LogP contribution is -2.42. The normalized spacial score (nSPS) is 17.0. The molecular formula is C14H18O4. The van der Waals surface area contributed by atoms with Gasteiger partial charge in [0.1, 0.15) is 5.75 Å². The summed E-state index contributed by atoms with van der Waals surface area (Å²) in [5.41, 5.74) is 0.980. The van der Waals surface area contributed by atoms with Crippen LogP contribution in [0.2, 0.25) is 0 Å². The van der Waals surface area contributed by atoms with Crippen molar-refractivity contribution in [2.24, 2.45) is 0 Å². The summed E-state index contributed by atoms with van der Waals surface area (Å²) in [5.74, 6) is -0.112. The molecule has 0 aromatic heterocycles. The van der Waals surface area contributed by atoms with Gasteiger partial charge in [-0.3, -0.25) is 4.79 Å². The van der Waals surface area contributed by atoms with Gasteiger partial charge in [0.2, 0.25) is 0 Å². The molecule has 0 radical (unpaired) electrons. The van der Waals surface area contributed by atoms with E-state index in [1.807, 2.05) is 18.2 Å². The van der Waals surface area contributed by atoms with Gasteiger partial charge in [0.15, 0.2) is 0 Å². The number of hydrogen-bond donors (Lipinski definition) is 1. The quantitative estimate of drug-likeness (QED) is 0.871. The first-order valence-electron chi connectivity index (χ1n) is 6.04. The lowest BCUT2D eigenvalue weighted by atomic mass is 9.64. The molecule has 18 heavy (non-hydrogen) atoms. The molecule has 1 aromatic carbocycles. The minimum atomic E-state index is -0.769. The Morgan fingerprint density at radius 2 is 2.11 bits per heavy atom. The monoisotopic (exact) mass is 250 g/mol. The maximum atomic E-state index is 11.6. The predicted molar refractivity (Wildman–Crippen MR) is 66.9 cm³/mol. The molecule has 0 aliphatic heterocycles. The van der Waals surface area contributed by atoms with Gasteiger partial charge in [-0.1, -0.05) is 12.5 Å². The summed E-state index contributed by atoms with van der Waals surface area (Å²) in [4.78, 5) is 11.6. The molecule has 98 valence electrons. The Labute approximate surface area is 107 Å². The Balaban J connectivity index is 2.46. The van der Waals surface area contributed by atoms with E-state index in [4.69, 9.17) is 9.47 Å². The van der Waals surface area contributed by atoms with E-state index >= 15 is 0 Å². The Bertz CT molecular complexity index is 449. The van der Waals surface area contributed by atoms with Gasteiger partial charge < -0.3 is 14.6 Å². The average molecular weight is 250 g/mol. The molecule has 1 aliphatic carbocycles. The Morgan fingerprint density at radius 3 is 2.56 bits per heavy atom. The summed E-state index contributed by atoms with van der Waals surface area (Å²) in [6.07, 6.45) is 2.30. The molecule has 1 aromatic rings. The van der Waals surface area contributed by atoms with Crippen LogP contribution in [0.15, 0.2) is 18.2 Å². The van der Waals surface area contributed by atoms with Crippen molar-refractivity contribution in [2.45, 2.75) is 31.3 Å². The summed E-state index contributed by atoms with van der Waals surface area (Å²) in [6.45, 7) is 0.479. The molecule has 4 nitrogen and oxygen atoms in total. The van der Waals surface area contributed by atoms with Gasteiger partial charge in [-0.25, -0.2) is 0 Å². The summed E-state index contributed by atoms with van der Waals surface area (Å²) in [5, 5.41) is 9.49. The van der Waals surface area contributed by atoms with Crippen molar-refractivity contribution in [1.29, 1.82) is 0 Å². The van der Waals surface area contributed by atoms with Crippen molar-refractivity contribution in [2.75, 3.05) is 14.2 Å².